The Bertz CT molecular complexity index is 534. The molecule has 2 nitrogen and oxygen atoms in total. The maximum atomic E-state index is 11.5. The van der Waals surface area contributed by atoms with Crippen molar-refractivity contribution in [2.24, 2.45) is 23.7 Å². The van der Waals surface area contributed by atoms with Crippen LogP contribution in [0.5, 0.6) is 0 Å². The Morgan fingerprint density at radius 2 is 2.09 bits per heavy atom. The molecule has 1 saturated heterocycles. The zero-order valence-electron chi connectivity index (χ0n) is 13.6. The molecule has 118 valence electrons. The van der Waals surface area contributed by atoms with Crippen molar-refractivity contribution in [2.45, 2.75) is 45.6 Å². The van der Waals surface area contributed by atoms with Crippen molar-refractivity contribution < 1.29 is 9.53 Å². The third-order valence-electron chi connectivity index (χ3n) is 5.31. The first-order valence-electron chi connectivity index (χ1n) is 8.55. The van der Waals surface area contributed by atoms with Gasteiger partial charge in [-0.2, -0.15) is 0 Å². The summed E-state index contributed by atoms with van der Waals surface area (Å²) >= 11 is 0. The van der Waals surface area contributed by atoms with Gasteiger partial charge in [0.25, 0.3) is 0 Å². The van der Waals surface area contributed by atoms with Crippen LogP contribution in [0.3, 0.4) is 0 Å². The van der Waals surface area contributed by atoms with Gasteiger partial charge in [0.1, 0.15) is 6.10 Å². The molecule has 3 rings (SSSR count). The van der Waals surface area contributed by atoms with Crippen LogP contribution in [0.4, 0.5) is 0 Å². The molecule has 0 N–H and O–H groups in total. The smallest absolute Gasteiger partial charge is 0.306 e. The lowest BCUT2D eigenvalue weighted by molar-refractivity contribution is -0.141. The molecule has 0 amide bonds. The van der Waals surface area contributed by atoms with Gasteiger partial charge in [-0.25, -0.2) is 0 Å². The van der Waals surface area contributed by atoms with E-state index in [4.69, 9.17) is 4.74 Å². The summed E-state index contributed by atoms with van der Waals surface area (Å²) in [6.07, 6.45) is 8.84. The Morgan fingerprint density at radius 1 is 1.32 bits per heavy atom. The number of allylic oxidation sites excluding steroid dienone is 2. The molecule has 1 aromatic carbocycles. The Morgan fingerprint density at radius 3 is 2.86 bits per heavy atom. The molecule has 0 radical (unpaired) electrons. The highest BCUT2D eigenvalue weighted by molar-refractivity contribution is 5.72. The second-order valence-corrected chi connectivity index (χ2v) is 7.07. The molecule has 5 atom stereocenters. The average molecular weight is 298 g/mol. The van der Waals surface area contributed by atoms with E-state index in [1.54, 1.807) is 0 Å². The number of hydrogen-bond donors (Lipinski definition) is 0. The van der Waals surface area contributed by atoms with Crippen molar-refractivity contribution in [3.05, 3.63) is 48.0 Å². The van der Waals surface area contributed by atoms with Gasteiger partial charge in [-0.05, 0) is 42.6 Å². The summed E-state index contributed by atoms with van der Waals surface area (Å²) in [5, 5.41) is 0. The van der Waals surface area contributed by atoms with E-state index in [0.717, 1.165) is 12.8 Å². The van der Waals surface area contributed by atoms with Crippen molar-refractivity contribution in [3.8, 4) is 0 Å². The van der Waals surface area contributed by atoms with Gasteiger partial charge < -0.3 is 4.74 Å². The number of carbonyl (C=O) groups excluding carboxylic acids is 1. The number of carbonyl (C=O) groups is 1. The van der Waals surface area contributed by atoms with Crippen molar-refractivity contribution in [1.29, 1.82) is 0 Å². The first-order valence-corrected chi connectivity index (χ1v) is 8.55. The number of ether oxygens (including phenoxy) is 1. The fourth-order valence-corrected chi connectivity index (χ4v) is 3.97. The number of fused-ring (bicyclic) bond motifs is 1. The highest BCUT2D eigenvalue weighted by atomic mass is 16.6. The van der Waals surface area contributed by atoms with Crippen LogP contribution in [0.15, 0.2) is 42.5 Å². The van der Waals surface area contributed by atoms with Crippen LogP contribution in [-0.4, -0.2) is 12.1 Å². The lowest BCUT2D eigenvalue weighted by Crippen LogP contribution is -2.13. The van der Waals surface area contributed by atoms with Crippen LogP contribution in [0, 0.1) is 23.7 Å². The molecule has 1 aromatic rings. The molecular formula is C20H26O2. The van der Waals surface area contributed by atoms with Crippen molar-refractivity contribution in [3.63, 3.8) is 0 Å². The lowest BCUT2D eigenvalue weighted by Gasteiger charge is -2.16. The van der Waals surface area contributed by atoms with E-state index in [1.807, 2.05) is 0 Å². The second kappa shape index (κ2) is 6.68. The standard InChI is InChI=1S/C20H26O2/c1-14(8-10-16-6-4-3-5-7-16)9-11-17-15(2)12-19-18(17)13-20(21)22-19/h3-7,9,11,14-15,17-19H,8,10,12-13H2,1-2H3/b11-9+/t14-,15+,17-,18+,19-/m0/s1. The highest BCUT2D eigenvalue weighted by Crippen LogP contribution is 2.45. The maximum absolute atomic E-state index is 11.5. The predicted molar refractivity (Wildman–Crippen MR) is 88.3 cm³/mol. The van der Waals surface area contributed by atoms with Crippen LogP contribution in [0.1, 0.15) is 38.7 Å². The molecular weight excluding hydrogens is 272 g/mol. The summed E-state index contributed by atoms with van der Waals surface area (Å²) in [7, 11) is 0. The van der Waals surface area contributed by atoms with Gasteiger partial charge in [-0.15, -0.1) is 0 Å². The van der Waals surface area contributed by atoms with Gasteiger partial charge in [0.05, 0.1) is 6.42 Å². The molecule has 2 aliphatic rings. The summed E-state index contributed by atoms with van der Waals surface area (Å²) in [6.45, 7) is 4.57. The first kappa shape index (κ1) is 15.3. The Hall–Kier alpha value is -1.57. The number of rotatable bonds is 5. The Labute approximate surface area is 133 Å². The monoisotopic (exact) mass is 298 g/mol. The van der Waals surface area contributed by atoms with Gasteiger partial charge in [0, 0.05) is 5.92 Å². The summed E-state index contributed by atoms with van der Waals surface area (Å²) in [4.78, 5) is 11.5. The minimum atomic E-state index is -0.00238. The summed E-state index contributed by atoms with van der Waals surface area (Å²) < 4.78 is 5.43. The van der Waals surface area contributed by atoms with Gasteiger partial charge in [-0.3, -0.25) is 4.79 Å². The zero-order valence-corrected chi connectivity index (χ0v) is 13.6. The summed E-state index contributed by atoms with van der Waals surface area (Å²) in [6, 6.07) is 10.7. The molecule has 22 heavy (non-hydrogen) atoms. The zero-order chi connectivity index (χ0) is 15.5. The van der Waals surface area contributed by atoms with Crippen LogP contribution in [-0.2, 0) is 16.0 Å². The minimum absolute atomic E-state index is 0.00238. The fourth-order valence-electron chi connectivity index (χ4n) is 3.97. The normalized spacial score (nSPS) is 32.2. The lowest BCUT2D eigenvalue weighted by atomic mass is 9.87. The van der Waals surface area contributed by atoms with E-state index >= 15 is 0 Å². The summed E-state index contributed by atoms with van der Waals surface area (Å²) in [5.41, 5.74) is 1.41. The Kier molecular flexibility index (Phi) is 4.66. The van der Waals surface area contributed by atoms with E-state index in [9.17, 15) is 4.79 Å². The molecule has 1 heterocycles. The summed E-state index contributed by atoms with van der Waals surface area (Å²) in [5.74, 6) is 2.12. The number of aryl methyl sites for hydroxylation is 1. The topological polar surface area (TPSA) is 26.3 Å². The van der Waals surface area contributed by atoms with Crippen LogP contribution in [0.2, 0.25) is 0 Å². The molecule has 1 aliphatic heterocycles. The first-order chi connectivity index (χ1) is 10.6. The molecule has 0 aromatic heterocycles. The van der Waals surface area contributed by atoms with Gasteiger partial charge >= 0.3 is 5.97 Å². The van der Waals surface area contributed by atoms with E-state index in [1.165, 1.54) is 12.0 Å². The van der Waals surface area contributed by atoms with Crippen molar-refractivity contribution >= 4 is 5.97 Å². The quantitative estimate of drug-likeness (QED) is 0.595. The van der Waals surface area contributed by atoms with Crippen LogP contribution < -0.4 is 0 Å². The van der Waals surface area contributed by atoms with Gasteiger partial charge in [0.15, 0.2) is 0 Å². The van der Waals surface area contributed by atoms with E-state index in [-0.39, 0.29) is 12.1 Å². The highest BCUT2D eigenvalue weighted by Gasteiger charge is 2.47. The SMILES string of the molecule is C[C@H](/C=C/[C@@H]1[C@H]2CC(=O)O[C@H]2C[C@H]1C)CCc1ccccc1. The third kappa shape index (κ3) is 3.43. The number of benzene rings is 1. The van der Waals surface area contributed by atoms with E-state index in [2.05, 4.69) is 56.3 Å². The van der Waals surface area contributed by atoms with Crippen molar-refractivity contribution in [2.75, 3.05) is 0 Å². The predicted octanol–water partition coefficient (Wildman–Crippen LogP) is 4.40. The molecule has 2 fully saturated rings. The third-order valence-corrected chi connectivity index (χ3v) is 5.31. The van der Waals surface area contributed by atoms with E-state index in [0.29, 0.717) is 30.1 Å². The fraction of sp³-hybridized carbons (Fsp3) is 0.550. The maximum Gasteiger partial charge on any atom is 0.306 e. The molecule has 2 heteroatoms. The number of esters is 1. The molecule has 1 saturated carbocycles. The molecule has 0 unspecified atom stereocenters. The second-order valence-electron chi connectivity index (χ2n) is 7.07. The van der Waals surface area contributed by atoms with Crippen molar-refractivity contribution in [1.82, 2.24) is 0 Å². The van der Waals surface area contributed by atoms with Crippen LogP contribution in [0.25, 0.3) is 0 Å². The molecule has 1 aliphatic carbocycles. The molecule has 0 bridgehead atoms. The average Bonchev–Trinajstić information content (AvgIpc) is 2.99. The Balaban J connectivity index is 1.53. The largest absolute Gasteiger partial charge is 0.462 e. The number of hydrogen-bond acceptors (Lipinski definition) is 2. The molecule has 0 spiro atoms. The van der Waals surface area contributed by atoms with Gasteiger partial charge in [-0.1, -0.05) is 56.3 Å². The van der Waals surface area contributed by atoms with Gasteiger partial charge in [0.2, 0.25) is 0 Å². The minimum Gasteiger partial charge on any atom is -0.462 e. The van der Waals surface area contributed by atoms with E-state index < -0.39 is 0 Å². The van der Waals surface area contributed by atoms with Crippen LogP contribution >= 0.6 is 0 Å².